The van der Waals surface area contributed by atoms with E-state index in [1.165, 1.54) is 24.8 Å². The van der Waals surface area contributed by atoms with Crippen LogP contribution in [-0.4, -0.2) is 5.78 Å². The molecule has 2 aliphatic rings. The van der Waals surface area contributed by atoms with Crippen molar-refractivity contribution in [1.82, 2.24) is 0 Å². The molecule has 1 nitrogen and oxygen atoms in total. The lowest BCUT2D eigenvalue weighted by Crippen LogP contribution is -2.38. The summed E-state index contributed by atoms with van der Waals surface area (Å²) in [5.41, 5.74) is 2.55. The first kappa shape index (κ1) is 9.59. The van der Waals surface area contributed by atoms with E-state index in [1.807, 2.05) is 12.1 Å². The number of ketones is 1. The van der Waals surface area contributed by atoms with Crippen molar-refractivity contribution in [3.8, 4) is 0 Å². The SMILES string of the molecule is O=C1CC2(CCC2)Cc2ccc(Br)cc21. The summed E-state index contributed by atoms with van der Waals surface area (Å²) >= 11 is 3.43. The second kappa shape index (κ2) is 3.18. The van der Waals surface area contributed by atoms with Crippen molar-refractivity contribution in [2.24, 2.45) is 5.41 Å². The average Bonchev–Trinajstić information content (AvgIpc) is 2.16. The van der Waals surface area contributed by atoms with Crippen molar-refractivity contribution < 1.29 is 4.79 Å². The zero-order valence-electron chi connectivity index (χ0n) is 8.55. The van der Waals surface area contributed by atoms with E-state index in [1.54, 1.807) is 0 Å². The molecule has 1 aromatic carbocycles. The van der Waals surface area contributed by atoms with Crippen molar-refractivity contribution in [3.05, 3.63) is 33.8 Å². The van der Waals surface area contributed by atoms with Crippen molar-refractivity contribution >= 4 is 21.7 Å². The highest BCUT2D eigenvalue weighted by Gasteiger charge is 2.42. The highest BCUT2D eigenvalue weighted by molar-refractivity contribution is 9.10. The molecule has 3 rings (SSSR count). The van der Waals surface area contributed by atoms with Crippen LogP contribution in [0.1, 0.15) is 41.6 Å². The first-order valence-corrected chi connectivity index (χ1v) is 6.30. The Kier molecular flexibility index (Phi) is 2.03. The summed E-state index contributed by atoms with van der Waals surface area (Å²) in [6, 6.07) is 6.13. The Morgan fingerprint density at radius 1 is 1.20 bits per heavy atom. The quantitative estimate of drug-likeness (QED) is 0.698. The van der Waals surface area contributed by atoms with Crippen molar-refractivity contribution in [1.29, 1.82) is 0 Å². The molecule has 0 heterocycles. The lowest BCUT2D eigenvalue weighted by Gasteiger charge is -2.44. The second-order valence-corrected chi connectivity index (χ2v) is 5.85. The molecule has 0 unspecified atom stereocenters. The third-order valence-electron chi connectivity index (χ3n) is 3.89. The van der Waals surface area contributed by atoms with Gasteiger partial charge in [-0.1, -0.05) is 28.4 Å². The molecule has 0 saturated heterocycles. The van der Waals surface area contributed by atoms with Gasteiger partial charge < -0.3 is 0 Å². The Morgan fingerprint density at radius 2 is 2.00 bits per heavy atom. The van der Waals surface area contributed by atoms with Crippen LogP contribution in [-0.2, 0) is 6.42 Å². The first-order chi connectivity index (χ1) is 7.19. The molecule has 78 valence electrons. The number of carbonyl (C=O) groups is 1. The smallest absolute Gasteiger partial charge is 0.163 e. The predicted molar refractivity (Wildman–Crippen MR) is 63.1 cm³/mol. The lowest BCUT2D eigenvalue weighted by atomic mass is 9.59. The van der Waals surface area contributed by atoms with E-state index >= 15 is 0 Å². The van der Waals surface area contributed by atoms with Gasteiger partial charge in [0, 0.05) is 16.5 Å². The molecule has 15 heavy (non-hydrogen) atoms. The van der Waals surface area contributed by atoms with Crippen LogP contribution < -0.4 is 0 Å². The zero-order valence-corrected chi connectivity index (χ0v) is 10.1. The Bertz CT molecular complexity index is 432. The maximum atomic E-state index is 12.0. The van der Waals surface area contributed by atoms with Gasteiger partial charge in [-0.25, -0.2) is 0 Å². The molecule has 0 radical (unpaired) electrons. The van der Waals surface area contributed by atoms with E-state index in [0.29, 0.717) is 11.2 Å². The number of carbonyl (C=O) groups excluding carboxylic acids is 1. The van der Waals surface area contributed by atoms with E-state index in [0.717, 1.165) is 22.9 Å². The summed E-state index contributed by atoms with van der Waals surface area (Å²) in [6.45, 7) is 0. The molecule has 0 aromatic heterocycles. The number of benzene rings is 1. The lowest BCUT2D eigenvalue weighted by molar-refractivity contribution is 0.0712. The van der Waals surface area contributed by atoms with Crippen LogP contribution in [0.2, 0.25) is 0 Å². The standard InChI is InChI=1S/C13H13BrO/c14-10-3-2-9-7-13(4-1-5-13)8-12(15)11(9)6-10/h2-3,6H,1,4-5,7-8H2. The summed E-state index contributed by atoms with van der Waals surface area (Å²) < 4.78 is 1.01. The molecule has 0 N–H and O–H groups in total. The van der Waals surface area contributed by atoms with Crippen LogP contribution in [0.5, 0.6) is 0 Å². The maximum absolute atomic E-state index is 12.0. The molecule has 0 amide bonds. The molecule has 1 spiro atoms. The van der Waals surface area contributed by atoms with Gasteiger partial charge in [0.05, 0.1) is 0 Å². The predicted octanol–water partition coefficient (Wildman–Crippen LogP) is 3.75. The van der Waals surface area contributed by atoms with Gasteiger partial charge in [0.2, 0.25) is 0 Å². The fraction of sp³-hybridized carbons (Fsp3) is 0.462. The van der Waals surface area contributed by atoms with E-state index < -0.39 is 0 Å². The van der Waals surface area contributed by atoms with E-state index in [2.05, 4.69) is 22.0 Å². The molecule has 1 fully saturated rings. The minimum atomic E-state index is 0.345. The van der Waals surface area contributed by atoms with Gasteiger partial charge in [0.1, 0.15) is 0 Å². The molecule has 1 saturated carbocycles. The fourth-order valence-electron chi connectivity index (χ4n) is 2.90. The second-order valence-electron chi connectivity index (χ2n) is 4.93. The monoisotopic (exact) mass is 264 g/mol. The van der Waals surface area contributed by atoms with Gasteiger partial charge in [-0.15, -0.1) is 0 Å². The maximum Gasteiger partial charge on any atom is 0.163 e. The zero-order chi connectivity index (χ0) is 10.5. The van der Waals surface area contributed by atoms with Crippen LogP contribution >= 0.6 is 15.9 Å². The molecular weight excluding hydrogens is 252 g/mol. The molecule has 0 aliphatic heterocycles. The molecule has 0 atom stereocenters. The molecule has 1 aromatic rings. The average molecular weight is 265 g/mol. The number of rotatable bonds is 0. The van der Waals surface area contributed by atoms with Gasteiger partial charge in [0.15, 0.2) is 5.78 Å². The van der Waals surface area contributed by atoms with Crippen LogP contribution in [0.4, 0.5) is 0 Å². The van der Waals surface area contributed by atoms with E-state index in [-0.39, 0.29) is 0 Å². The minimum Gasteiger partial charge on any atom is -0.294 e. The Morgan fingerprint density at radius 3 is 2.67 bits per heavy atom. The first-order valence-electron chi connectivity index (χ1n) is 5.50. The minimum absolute atomic E-state index is 0.345. The number of hydrogen-bond donors (Lipinski definition) is 0. The Hall–Kier alpha value is -0.630. The third kappa shape index (κ3) is 1.46. The van der Waals surface area contributed by atoms with Crippen LogP contribution in [0.25, 0.3) is 0 Å². The van der Waals surface area contributed by atoms with E-state index in [9.17, 15) is 4.79 Å². The molecular formula is C13H13BrO. The normalized spacial score (nSPS) is 22.3. The number of hydrogen-bond acceptors (Lipinski definition) is 1. The van der Waals surface area contributed by atoms with Crippen molar-refractivity contribution in [2.75, 3.05) is 0 Å². The number of fused-ring (bicyclic) bond motifs is 1. The highest BCUT2D eigenvalue weighted by atomic mass is 79.9. The molecule has 2 heteroatoms. The largest absolute Gasteiger partial charge is 0.294 e. The topological polar surface area (TPSA) is 17.1 Å². The van der Waals surface area contributed by atoms with Crippen molar-refractivity contribution in [2.45, 2.75) is 32.1 Å². The van der Waals surface area contributed by atoms with E-state index in [4.69, 9.17) is 0 Å². The van der Waals surface area contributed by atoms with Crippen LogP contribution in [0, 0.1) is 5.41 Å². The van der Waals surface area contributed by atoms with Crippen LogP contribution in [0.3, 0.4) is 0 Å². The van der Waals surface area contributed by atoms with Gasteiger partial charge >= 0.3 is 0 Å². The third-order valence-corrected chi connectivity index (χ3v) is 4.38. The highest BCUT2D eigenvalue weighted by Crippen LogP contribution is 2.50. The summed E-state index contributed by atoms with van der Waals surface area (Å²) in [4.78, 5) is 12.0. The Balaban J connectivity index is 2.04. The number of halogens is 1. The van der Waals surface area contributed by atoms with Gasteiger partial charge in [-0.2, -0.15) is 0 Å². The summed E-state index contributed by atoms with van der Waals surface area (Å²) in [5.74, 6) is 0.345. The molecule has 2 aliphatic carbocycles. The van der Waals surface area contributed by atoms with Gasteiger partial charge in [0.25, 0.3) is 0 Å². The van der Waals surface area contributed by atoms with Gasteiger partial charge in [-0.05, 0) is 42.4 Å². The number of Topliss-reactive ketones (excluding diaryl/α,β-unsaturated/α-hetero) is 1. The van der Waals surface area contributed by atoms with Gasteiger partial charge in [-0.3, -0.25) is 4.79 Å². The van der Waals surface area contributed by atoms with Crippen molar-refractivity contribution in [3.63, 3.8) is 0 Å². The molecule has 0 bridgehead atoms. The summed E-state index contributed by atoms with van der Waals surface area (Å²) in [5, 5.41) is 0. The summed E-state index contributed by atoms with van der Waals surface area (Å²) in [6.07, 6.45) is 5.68. The van der Waals surface area contributed by atoms with Crippen LogP contribution in [0.15, 0.2) is 22.7 Å². The Labute approximate surface area is 98.0 Å². The fourth-order valence-corrected chi connectivity index (χ4v) is 3.26. The summed E-state index contributed by atoms with van der Waals surface area (Å²) in [7, 11) is 0.